The first-order valence-corrected chi connectivity index (χ1v) is 7.97. The molecular weight excluding hydrogens is 305 g/mol. The lowest BCUT2D eigenvalue weighted by molar-refractivity contribution is 0.219. The molecule has 4 nitrogen and oxygen atoms in total. The summed E-state index contributed by atoms with van der Waals surface area (Å²) in [5, 5.41) is 3.10. The second-order valence-corrected chi connectivity index (χ2v) is 7.29. The lowest BCUT2D eigenvalue weighted by Crippen LogP contribution is -2.51. The van der Waals surface area contributed by atoms with Crippen LogP contribution in [0.15, 0.2) is 17.0 Å². The van der Waals surface area contributed by atoms with Crippen molar-refractivity contribution >= 4 is 10.0 Å². The molecule has 0 saturated carbocycles. The lowest BCUT2D eigenvalue weighted by atomic mass is 9.91. The largest absolute Gasteiger partial charge is 0.314 e. The number of hydrogen-bond acceptors (Lipinski definition) is 3. The maximum Gasteiger partial charge on any atom is 0.248 e. The van der Waals surface area contributed by atoms with E-state index in [0.717, 1.165) is 4.31 Å². The van der Waals surface area contributed by atoms with Crippen molar-refractivity contribution in [1.29, 1.82) is 0 Å². The molecule has 1 aromatic rings. The Labute approximate surface area is 122 Å². The van der Waals surface area contributed by atoms with Gasteiger partial charge in [0.1, 0.15) is 17.5 Å². The first-order chi connectivity index (χ1) is 9.69. The molecule has 0 aliphatic carbocycles. The molecule has 1 saturated heterocycles. The van der Waals surface area contributed by atoms with Crippen molar-refractivity contribution in [1.82, 2.24) is 9.62 Å². The molecule has 0 aromatic heterocycles. The molecule has 118 valence electrons. The zero-order valence-corrected chi connectivity index (χ0v) is 12.6. The fourth-order valence-electron chi connectivity index (χ4n) is 2.37. The highest BCUT2D eigenvalue weighted by Crippen LogP contribution is 2.29. The van der Waals surface area contributed by atoms with Gasteiger partial charge in [-0.3, -0.25) is 0 Å². The minimum atomic E-state index is -4.31. The molecular formula is C13H17F3N2O2S. The van der Waals surface area contributed by atoms with E-state index >= 15 is 0 Å². The van der Waals surface area contributed by atoms with Crippen molar-refractivity contribution in [2.75, 3.05) is 20.1 Å². The first kappa shape index (κ1) is 16.3. The Hall–Kier alpha value is -1.12. The Bertz CT molecular complexity index is 618. The second kappa shape index (κ2) is 5.58. The zero-order chi connectivity index (χ0) is 15.8. The van der Waals surface area contributed by atoms with Gasteiger partial charge in [0, 0.05) is 30.8 Å². The van der Waals surface area contributed by atoms with Crippen LogP contribution in [0.1, 0.15) is 19.8 Å². The van der Waals surface area contributed by atoms with Crippen LogP contribution in [-0.2, 0) is 10.0 Å². The standard InChI is InChI=1S/C13H17F3N2O2S/c1-13(17-2)3-5-18(6-4-13)21(19,20)12-10(15)7-9(14)8-11(12)16/h7-8,17H,3-6H2,1-2H3. The van der Waals surface area contributed by atoms with E-state index in [0.29, 0.717) is 25.0 Å². The summed E-state index contributed by atoms with van der Waals surface area (Å²) in [6.07, 6.45) is 1.04. The van der Waals surface area contributed by atoms with Gasteiger partial charge in [0.2, 0.25) is 10.0 Å². The monoisotopic (exact) mass is 322 g/mol. The van der Waals surface area contributed by atoms with Crippen LogP contribution in [0.5, 0.6) is 0 Å². The molecule has 2 rings (SSSR count). The molecule has 1 aliphatic rings. The van der Waals surface area contributed by atoms with Crippen molar-refractivity contribution in [2.24, 2.45) is 0 Å². The Morgan fingerprint density at radius 1 is 1.14 bits per heavy atom. The fourth-order valence-corrected chi connectivity index (χ4v) is 3.91. The number of sulfonamides is 1. The van der Waals surface area contributed by atoms with Crippen LogP contribution in [0.25, 0.3) is 0 Å². The topological polar surface area (TPSA) is 49.4 Å². The summed E-state index contributed by atoms with van der Waals surface area (Å²) in [6.45, 7) is 2.25. The third-order valence-electron chi connectivity index (χ3n) is 3.99. The maximum absolute atomic E-state index is 13.7. The van der Waals surface area contributed by atoms with Gasteiger partial charge in [-0.25, -0.2) is 21.6 Å². The second-order valence-electron chi connectivity index (χ2n) is 5.41. The van der Waals surface area contributed by atoms with Crippen molar-refractivity contribution in [3.63, 3.8) is 0 Å². The molecule has 0 atom stereocenters. The highest BCUT2D eigenvalue weighted by molar-refractivity contribution is 7.89. The fraction of sp³-hybridized carbons (Fsp3) is 0.538. The predicted molar refractivity (Wildman–Crippen MR) is 71.8 cm³/mol. The van der Waals surface area contributed by atoms with E-state index < -0.39 is 32.4 Å². The number of halogens is 3. The van der Waals surface area contributed by atoms with E-state index in [1.54, 1.807) is 7.05 Å². The normalized spacial score (nSPS) is 19.7. The van der Waals surface area contributed by atoms with Gasteiger partial charge < -0.3 is 5.32 Å². The van der Waals surface area contributed by atoms with Crippen molar-refractivity contribution in [3.8, 4) is 0 Å². The van der Waals surface area contributed by atoms with Crippen LogP contribution in [0.2, 0.25) is 0 Å². The Balaban J connectivity index is 2.33. The molecule has 0 amide bonds. The molecule has 0 spiro atoms. The van der Waals surface area contributed by atoms with Crippen LogP contribution in [-0.4, -0.2) is 38.4 Å². The average molecular weight is 322 g/mol. The third kappa shape index (κ3) is 3.07. The molecule has 1 heterocycles. The molecule has 0 unspecified atom stereocenters. The molecule has 21 heavy (non-hydrogen) atoms. The summed E-state index contributed by atoms with van der Waals surface area (Å²) in [4.78, 5) is -1.09. The van der Waals surface area contributed by atoms with Crippen LogP contribution < -0.4 is 5.32 Å². The minimum Gasteiger partial charge on any atom is -0.314 e. The highest BCUT2D eigenvalue weighted by Gasteiger charge is 2.37. The van der Waals surface area contributed by atoms with Crippen molar-refractivity contribution < 1.29 is 21.6 Å². The van der Waals surface area contributed by atoms with Crippen LogP contribution >= 0.6 is 0 Å². The van der Waals surface area contributed by atoms with Crippen LogP contribution in [0.4, 0.5) is 13.2 Å². The smallest absolute Gasteiger partial charge is 0.248 e. The van der Waals surface area contributed by atoms with Gasteiger partial charge in [0.25, 0.3) is 0 Å². The quantitative estimate of drug-likeness (QED) is 0.924. The SMILES string of the molecule is CNC1(C)CCN(S(=O)(=O)c2c(F)cc(F)cc2F)CC1. The van der Waals surface area contributed by atoms with Crippen LogP contribution in [0.3, 0.4) is 0 Å². The Kier molecular flexibility index (Phi) is 4.32. The maximum atomic E-state index is 13.7. The summed E-state index contributed by atoms with van der Waals surface area (Å²) < 4.78 is 66.0. The van der Waals surface area contributed by atoms with E-state index in [1.165, 1.54) is 0 Å². The van der Waals surface area contributed by atoms with E-state index in [9.17, 15) is 21.6 Å². The Morgan fingerprint density at radius 2 is 1.62 bits per heavy atom. The van der Waals surface area contributed by atoms with Gasteiger partial charge in [-0.15, -0.1) is 0 Å². The van der Waals surface area contributed by atoms with E-state index in [4.69, 9.17) is 0 Å². The summed E-state index contributed by atoms with van der Waals surface area (Å²) in [6, 6.07) is 0.745. The molecule has 1 N–H and O–H groups in total. The van der Waals surface area contributed by atoms with Gasteiger partial charge in [0.15, 0.2) is 4.90 Å². The average Bonchev–Trinajstić information content (AvgIpc) is 2.37. The number of hydrogen-bond donors (Lipinski definition) is 1. The lowest BCUT2D eigenvalue weighted by Gasteiger charge is -2.38. The van der Waals surface area contributed by atoms with Crippen molar-refractivity contribution in [2.45, 2.75) is 30.2 Å². The molecule has 1 fully saturated rings. The van der Waals surface area contributed by atoms with Gasteiger partial charge >= 0.3 is 0 Å². The minimum absolute atomic E-state index is 0.149. The predicted octanol–water partition coefficient (Wildman–Crippen LogP) is 1.87. The summed E-state index contributed by atoms with van der Waals surface area (Å²) in [5.41, 5.74) is -0.202. The van der Waals surface area contributed by atoms with Gasteiger partial charge in [-0.1, -0.05) is 0 Å². The summed E-state index contributed by atoms with van der Waals surface area (Å²) in [7, 11) is -2.53. The Morgan fingerprint density at radius 3 is 2.05 bits per heavy atom. The number of piperidine rings is 1. The number of benzene rings is 1. The van der Waals surface area contributed by atoms with E-state index in [-0.39, 0.29) is 18.6 Å². The van der Waals surface area contributed by atoms with Gasteiger partial charge in [0.05, 0.1) is 0 Å². The van der Waals surface area contributed by atoms with Crippen LogP contribution in [0, 0.1) is 17.5 Å². The summed E-state index contributed by atoms with van der Waals surface area (Å²) >= 11 is 0. The number of rotatable bonds is 3. The molecule has 0 bridgehead atoms. The van der Waals surface area contributed by atoms with E-state index in [2.05, 4.69) is 5.32 Å². The van der Waals surface area contributed by atoms with Crippen molar-refractivity contribution in [3.05, 3.63) is 29.6 Å². The van der Waals surface area contributed by atoms with E-state index in [1.807, 2.05) is 6.92 Å². The zero-order valence-electron chi connectivity index (χ0n) is 11.8. The third-order valence-corrected chi connectivity index (χ3v) is 5.94. The molecule has 1 aliphatic heterocycles. The number of nitrogens with one attached hydrogen (secondary N) is 1. The summed E-state index contributed by atoms with van der Waals surface area (Å²) in [5.74, 6) is -3.96. The van der Waals surface area contributed by atoms with Gasteiger partial charge in [-0.05, 0) is 26.8 Å². The molecule has 1 aromatic carbocycles. The highest BCUT2D eigenvalue weighted by atomic mass is 32.2. The number of nitrogens with zero attached hydrogens (tertiary/aromatic N) is 1. The van der Waals surface area contributed by atoms with Gasteiger partial charge in [-0.2, -0.15) is 4.31 Å². The molecule has 0 radical (unpaired) electrons. The first-order valence-electron chi connectivity index (χ1n) is 6.53. The molecule has 8 heteroatoms.